The van der Waals surface area contributed by atoms with E-state index in [-0.39, 0.29) is 24.3 Å². The molecule has 0 unspecified atom stereocenters. The second-order valence-electron chi connectivity index (χ2n) is 5.92. The van der Waals surface area contributed by atoms with Crippen LogP contribution in [0.5, 0.6) is 11.5 Å². The van der Waals surface area contributed by atoms with Crippen molar-refractivity contribution < 1.29 is 23.5 Å². The van der Waals surface area contributed by atoms with Gasteiger partial charge in [-0.3, -0.25) is 9.59 Å². The van der Waals surface area contributed by atoms with Crippen LogP contribution in [0, 0.1) is 5.92 Å². The Bertz CT molecular complexity index is 757. The molecule has 1 aromatic heterocycles. The molecule has 2 amide bonds. The fourth-order valence-electron chi connectivity index (χ4n) is 2.71. The van der Waals surface area contributed by atoms with E-state index in [2.05, 4.69) is 5.32 Å². The Hall–Kier alpha value is -2.96. The fourth-order valence-corrected chi connectivity index (χ4v) is 2.71. The highest BCUT2D eigenvalue weighted by Crippen LogP contribution is 2.47. The lowest BCUT2D eigenvalue weighted by Crippen LogP contribution is -2.25. The van der Waals surface area contributed by atoms with E-state index in [1.54, 1.807) is 24.5 Å². The van der Waals surface area contributed by atoms with Crippen molar-refractivity contribution >= 4 is 11.8 Å². The molecule has 0 spiro atoms. The molecule has 1 saturated carbocycles. The molecule has 1 heterocycles. The zero-order chi connectivity index (χ0) is 17.8. The number of rotatable bonds is 8. The van der Waals surface area contributed by atoms with Gasteiger partial charge in [-0.25, -0.2) is 0 Å². The quantitative estimate of drug-likeness (QED) is 0.756. The van der Waals surface area contributed by atoms with Crippen LogP contribution in [0.2, 0.25) is 0 Å². The predicted molar refractivity (Wildman–Crippen MR) is 89.1 cm³/mol. The molecule has 1 aliphatic carbocycles. The monoisotopic (exact) mass is 344 g/mol. The summed E-state index contributed by atoms with van der Waals surface area (Å²) in [6.45, 7) is 0.162. The first-order chi connectivity index (χ1) is 12.1. The van der Waals surface area contributed by atoms with Crippen LogP contribution in [0.15, 0.2) is 41.0 Å². The number of nitrogens with one attached hydrogen (secondary N) is 1. The number of carbonyl (C=O) groups is 2. The Morgan fingerprint density at radius 2 is 2.16 bits per heavy atom. The maximum atomic E-state index is 12.2. The van der Waals surface area contributed by atoms with Crippen molar-refractivity contribution in [2.75, 3.05) is 13.7 Å². The second kappa shape index (κ2) is 7.29. The third kappa shape index (κ3) is 4.12. The number of nitrogens with two attached hydrogens (primary N) is 1. The van der Waals surface area contributed by atoms with E-state index < -0.39 is 5.91 Å². The third-order valence-corrected chi connectivity index (χ3v) is 4.10. The minimum Gasteiger partial charge on any atom is -0.493 e. The number of carbonyl (C=O) groups excluding carboxylic acids is 2. The first kappa shape index (κ1) is 16.9. The number of hydrogen-bond acceptors (Lipinski definition) is 5. The summed E-state index contributed by atoms with van der Waals surface area (Å²) >= 11 is 0. The van der Waals surface area contributed by atoms with Gasteiger partial charge in [-0.1, -0.05) is 6.07 Å². The molecule has 25 heavy (non-hydrogen) atoms. The maximum absolute atomic E-state index is 12.2. The molecular weight excluding hydrogens is 324 g/mol. The lowest BCUT2D eigenvalue weighted by atomic mass is 10.2. The smallest absolute Gasteiger partial charge is 0.255 e. The molecule has 1 aromatic carbocycles. The normalized spacial score (nSPS) is 18.4. The van der Waals surface area contributed by atoms with E-state index >= 15 is 0 Å². The highest BCUT2D eigenvalue weighted by atomic mass is 16.5. The molecular formula is C18H20N2O5. The number of primary amides is 1. The molecule has 7 nitrogen and oxygen atoms in total. The zero-order valence-corrected chi connectivity index (χ0v) is 13.9. The highest BCUT2D eigenvalue weighted by Gasteiger charge is 2.45. The van der Waals surface area contributed by atoms with Gasteiger partial charge in [-0.2, -0.15) is 0 Å². The summed E-state index contributed by atoms with van der Waals surface area (Å²) in [4.78, 5) is 23.0. The van der Waals surface area contributed by atoms with Gasteiger partial charge in [0.15, 0.2) is 18.1 Å². The van der Waals surface area contributed by atoms with Crippen LogP contribution in [0.4, 0.5) is 0 Å². The Morgan fingerprint density at radius 3 is 2.84 bits per heavy atom. The Labute approximate surface area is 145 Å². The molecule has 132 valence electrons. The van der Waals surface area contributed by atoms with Crippen molar-refractivity contribution in [2.45, 2.75) is 18.9 Å². The lowest BCUT2D eigenvalue weighted by Gasteiger charge is -2.11. The third-order valence-electron chi connectivity index (χ3n) is 4.10. The van der Waals surface area contributed by atoms with Crippen LogP contribution in [0.25, 0.3) is 0 Å². The summed E-state index contributed by atoms with van der Waals surface area (Å²) in [6, 6.07) is 8.97. The number of ether oxygens (including phenoxy) is 2. The number of benzene rings is 1. The molecule has 0 radical (unpaired) electrons. The molecule has 0 aliphatic heterocycles. The maximum Gasteiger partial charge on any atom is 0.255 e. The summed E-state index contributed by atoms with van der Waals surface area (Å²) in [7, 11) is 1.51. The summed E-state index contributed by atoms with van der Waals surface area (Å²) in [5, 5.41) is 2.92. The van der Waals surface area contributed by atoms with E-state index in [4.69, 9.17) is 19.6 Å². The van der Waals surface area contributed by atoms with Gasteiger partial charge in [-0.05, 0) is 36.2 Å². The summed E-state index contributed by atoms with van der Waals surface area (Å²) < 4.78 is 15.9. The zero-order valence-electron chi connectivity index (χ0n) is 13.9. The first-order valence-corrected chi connectivity index (χ1v) is 7.97. The van der Waals surface area contributed by atoms with Crippen molar-refractivity contribution in [3.63, 3.8) is 0 Å². The van der Waals surface area contributed by atoms with Crippen molar-refractivity contribution in [2.24, 2.45) is 11.7 Å². The molecule has 0 bridgehead atoms. The summed E-state index contributed by atoms with van der Waals surface area (Å²) in [5.41, 5.74) is 5.93. The van der Waals surface area contributed by atoms with Crippen LogP contribution in [-0.2, 0) is 16.1 Å². The average Bonchev–Trinajstić information content (AvgIpc) is 3.23. The molecule has 7 heteroatoms. The number of methoxy groups -OCH3 is 1. The lowest BCUT2D eigenvalue weighted by molar-refractivity contribution is -0.122. The van der Waals surface area contributed by atoms with Crippen molar-refractivity contribution in [3.8, 4) is 11.5 Å². The van der Waals surface area contributed by atoms with E-state index in [9.17, 15) is 9.59 Å². The summed E-state index contributed by atoms with van der Waals surface area (Å²) in [5.74, 6) is 1.35. The number of furan rings is 1. The van der Waals surface area contributed by atoms with Gasteiger partial charge in [0.05, 0.1) is 13.4 Å². The van der Waals surface area contributed by atoms with E-state index in [0.717, 1.165) is 17.7 Å². The van der Waals surface area contributed by atoms with Gasteiger partial charge in [0, 0.05) is 18.4 Å². The Kier molecular flexibility index (Phi) is 4.92. The number of hydrogen-bond donors (Lipinski definition) is 2. The summed E-state index contributed by atoms with van der Waals surface area (Å²) in [6.07, 6.45) is 2.43. The van der Waals surface area contributed by atoms with E-state index in [1.807, 2.05) is 12.1 Å². The van der Waals surface area contributed by atoms with E-state index in [1.165, 1.54) is 7.11 Å². The van der Waals surface area contributed by atoms with E-state index in [0.29, 0.717) is 18.0 Å². The molecule has 1 fully saturated rings. The van der Waals surface area contributed by atoms with Gasteiger partial charge >= 0.3 is 0 Å². The molecule has 1 aliphatic rings. The van der Waals surface area contributed by atoms with Crippen LogP contribution >= 0.6 is 0 Å². The highest BCUT2D eigenvalue weighted by molar-refractivity contribution is 5.82. The van der Waals surface area contributed by atoms with Crippen molar-refractivity contribution in [3.05, 3.63) is 47.9 Å². The average molecular weight is 344 g/mol. The minimum atomic E-state index is -0.561. The van der Waals surface area contributed by atoms with Crippen LogP contribution in [-0.4, -0.2) is 25.5 Å². The van der Waals surface area contributed by atoms with Gasteiger partial charge in [0.25, 0.3) is 5.91 Å². The van der Waals surface area contributed by atoms with Gasteiger partial charge in [0.2, 0.25) is 5.91 Å². The topological polar surface area (TPSA) is 104 Å². The standard InChI is InChI=1S/C18H20N2O5/c1-23-16-7-11(4-5-15(16)25-10-17(19)21)9-20-18(22)13-8-12(13)14-3-2-6-24-14/h2-7,12-13H,8-10H2,1H3,(H2,19,21)(H,20,22)/t12-,13-/m1/s1. The number of amides is 2. The van der Waals surface area contributed by atoms with Crippen molar-refractivity contribution in [1.29, 1.82) is 0 Å². The van der Waals surface area contributed by atoms with Crippen molar-refractivity contribution in [1.82, 2.24) is 5.32 Å². The van der Waals surface area contributed by atoms with Crippen LogP contribution < -0.4 is 20.5 Å². The molecule has 0 saturated heterocycles. The first-order valence-electron chi connectivity index (χ1n) is 7.97. The Balaban J connectivity index is 1.54. The SMILES string of the molecule is COc1cc(CNC(=O)[C@@H]2C[C@H]2c2ccco2)ccc1OCC(N)=O. The largest absolute Gasteiger partial charge is 0.493 e. The molecule has 3 rings (SSSR count). The van der Waals surface area contributed by atoms with Gasteiger partial charge in [-0.15, -0.1) is 0 Å². The van der Waals surface area contributed by atoms with Crippen LogP contribution in [0.3, 0.4) is 0 Å². The fraction of sp³-hybridized carbons (Fsp3) is 0.333. The predicted octanol–water partition coefficient (Wildman–Crippen LogP) is 1.57. The Morgan fingerprint density at radius 1 is 1.32 bits per heavy atom. The van der Waals surface area contributed by atoms with Gasteiger partial charge in [0.1, 0.15) is 5.76 Å². The van der Waals surface area contributed by atoms with Gasteiger partial charge < -0.3 is 24.9 Å². The van der Waals surface area contributed by atoms with Crippen LogP contribution in [0.1, 0.15) is 23.7 Å². The minimum absolute atomic E-state index is 0.00872. The molecule has 2 aromatic rings. The second-order valence-corrected chi connectivity index (χ2v) is 5.92. The molecule has 2 atom stereocenters. The molecule has 3 N–H and O–H groups in total.